The second kappa shape index (κ2) is 6.12. The number of hydrogen-bond donors (Lipinski definition) is 1. The van der Waals surface area contributed by atoms with Gasteiger partial charge in [0.2, 0.25) is 0 Å². The van der Waals surface area contributed by atoms with Gasteiger partial charge in [-0.15, -0.1) is 0 Å². The zero-order valence-corrected chi connectivity index (χ0v) is 10.7. The van der Waals surface area contributed by atoms with E-state index >= 15 is 0 Å². The van der Waals surface area contributed by atoms with Gasteiger partial charge in [-0.05, 0) is 31.0 Å². The Morgan fingerprint density at radius 3 is 2.65 bits per heavy atom. The van der Waals surface area contributed by atoms with Gasteiger partial charge in [0.15, 0.2) is 0 Å². The third-order valence-corrected chi connectivity index (χ3v) is 3.73. The van der Waals surface area contributed by atoms with Crippen molar-refractivity contribution >= 4 is 0 Å². The molecule has 94 valence electrons. The van der Waals surface area contributed by atoms with Crippen molar-refractivity contribution in [2.45, 2.75) is 51.7 Å². The van der Waals surface area contributed by atoms with Crippen LogP contribution >= 0.6 is 0 Å². The van der Waals surface area contributed by atoms with Gasteiger partial charge in [0.25, 0.3) is 0 Å². The van der Waals surface area contributed by atoms with Crippen molar-refractivity contribution in [2.75, 3.05) is 6.54 Å². The van der Waals surface area contributed by atoms with Crippen LogP contribution in [0.4, 0.5) is 0 Å². The van der Waals surface area contributed by atoms with E-state index in [-0.39, 0.29) is 0 Å². The molecule has 1 saturated carbocycles. The average Bonchev–Trinajstić information content (AvgIpc) is 2.90. The molecule has 0 spiro atoms. The highest BCUT2D eigenvalue weighted by Crippen LogP contribution is 2.24. The minimum absolute atomic E-state index is 0.577. The first-order chi connectivity index (χ1) is 8.33. The molecule has 1 aliphatic rings. The van der Waals surface area contributed by atoms with E-state index in [2.05, 4.69) is 28.9 Å². The summed E-state index contributed by atoms with van der Waals surface area (Å²) in [6.07, 6.45) is 7.39. The Morgan fingerprint density at radius 2 is 2.12 bits per heavy atom. The number of hydrogen-bond acceptors (Lipinski definition) is 3. The van der Waals surface area contributed by atoms with Crippen LogP contribution in [0, 0.1) is 0 Å². The maximum atomic E-state index is 5.58. The zero-order valence-electron chi connectivity index (χ0n) is 10.7. The molecule has 0 saturated heterocycles. The second-order valence-electron chi connectivity index (χ2n) is 4.86. The van der Waals surface area contributed by atoms with Crippen molar-refractivity contribution in [1.82, 2.24) is 9.88 Å². The van der Waals surface area contributed by atoms with Crippen molar-refractivity contribution in [2.24, 2.45) is 5.73 Å². The van der Waals surface area contributed by atoms with E-state index in [1.54, 1.807) is 0 Å². The molecule has 0 aromatic carbocycles. The molecule has 2 rings (SSSR count). The van der Waals surface area contributed by atoms with E-state index in [1.165, 1.54) is 25.7 Å². The molecule has 1 heterocycles. The lowest BCUT2D eigenvalue weighted by Crippen LogP contribution is -2.32. The van der Waals surface area contributed by atoms with E-state index in [0.29, 0.717) is 6.54 Å². The Labute approximate surface area is 104 Å². The number of aromatic nitrogens is 1. The first-order valence-electron chi connectivity index (χ1n) is 6.71. The molecule has 0 bridgehead atoms. The highest BCUT2D eigenvalue weighted by molar-refractivity contribution is 5.13. The van der Waals surface area contributed by atoms with Crippen molar-refractivity contribution in [1.29, 1.82) is 0 Å². The maximum Gasteiger partial charge on any atom is 0.0544 e. The Morgan fingerprint density at radius 1 is 1.35 bits per heavy atom. The highest BCUT2D eigenvalue weighted by Gasteiger charge is 2.21. The van der Waals surface area contributed by atoms with Gasteiger partial charge in [-0.3, -0.25) is 9.88 Å². The largest absolute Gasteiger partial charge is 0.326 e. The van der Waals surface area contributed by atoms with Crippen LogP contribution in [-0.4, -0.2) is 22.5 Å². The molecule has 1 aromatic heterocycles. The molecule has 2 N–H and O–H groups in total. The molecule has 0 aliphatic heterocycles. The van der Waals surface area contributed by atoms with Crippen LogP contribution in [-0.2, 0) is 13.1 Å². The summed E-state index contributed by atoms with van der Waals surface area (Å²) in [5, 5.41) is 0. The van der Waals surface area contributed by atoms with Crippen molar-refractivity contribution in [3.63, 3.8) is 0 Å². The molecule has 17 heavy (non-hydrogen) atoms. The van der Waals surface area contributed by atoms with Crippen LogP contribution in [0.15, 0.2) is 18.3 Å². The van der Waals surface area contributed by atoms with Crippen LogP contribution in [0.5, 0.6) is 0 Å². The van der Waals surface area contributed by atoms with Crippen molar-refractivity contribution < 1.29 is 0 Å². The van der Waals surface area contributed by atoms with Gasteiger partial charge in [-0.25, -0.2) is 0 Å². The molecule has 3 heteroatoms. The molecular weight excluding hydrogens is 210 g/mol. The summed E-state index contributed by atoms with van der Waals surface area (Å²) < 4.78 is 0. The smallest absolute Gasteiger partial charge is 0.0544 e. The lowest BCUT2D eigenvalue weighted by Gasteiger charge is -2.26. The SMILES string of the molecule is CCN(Cc1ccc(CN)cn1)C1CCCC1. The lowest BCUT2D eigenvalue weighted by molar-refractivity contribution is 0.198. The van der Waals surface area contributed by atoms with Crippen LogP contribution in [0.25, 0.3) is 0 Å². The summed E-state index contributed by atoms with van der Waals surface area (Å²) in [6, 6.07) is 4.97. The number of nitrogens with zero attached hydrogens (tertiary/aromatic N) is 2. The van der Waals surface area contributed by atoms with E-state index in [4.69, 9.17) is 5.73 Å². The second-order valence-corrected chi connectivity index (χ2v) is 4.86. The van der Waals surface area contributed by atoms with Gasteiger partial charge in [0.05, 0.1) is 5.69 Å². The molecule has 0 unspecified atom stereocenters. The monoisotopic (exact) mass is 233 g/mol. The van der Waals surface area contributed by atoms with Gasteiger partial charge in [0.1, 0.15) is 0 Å². The molecule has 0 atom stereocenters. The van der Waals surface area contributed by atoms with Crippen LogP contribution in [0.2, 0.25) is 0 Å². The predicted octanol–water partition coefficient (Wildman–Crippen LogP) is 2.30. The average molecular weight is 233 g/mol. The first kappa shape index (κ1) is 12.5. The van der Waals surface area contributed by atoms with Gasteiger partial charge in [-0.1, -0.05) is 25.8 Å². The van der Waals surface area contributed by atoms with Gasteiger partial charge in [-0.2, -0.15) is 0 Å². The van der Waals surface area contributed by atoms with Crippen molar-refractivity contribution in [3.05, 3.63) is 29.6 Å². The molecule has 0 radical (unpaired) electrons. The fourth-order valence-electron chi connectivity index (χ4n) is 2.65. The predicted molar refractivity (Wildman–Crippen MR) is 70.5 cm³/mol. The molecule has 3 nitrogen and oxygen atoms in total. The van der Waals surface area contributed by atoms with Crippen LogP contribution in [0.1, 0.15) is 43.9 Å². The maximum absolute atomic E-state index is 5.58. The number of rotatable bonds is 5. The molecule has 0 amide bonds. The number of pyridine rings is 1. The van der Waals surface area contributed by atoms with Crippen molar-refractivity contribution in [3.8, 4) is 0 Å². The first-order valence-corrected chi connectivity index (χ1v) is 6.71. The Kier molecular flexibility index (Phi) is 4.51. The van der Waals surface area contributed by atoms with Gasteiger partial charge in [0, 0.05) is 25.3 Å². The number of nitrogens with two attached hydrogens (primary N) is 1. The zero-order chi connectivity index (χ0) is 12.1. The molecular formula is C14H23N3. The quantitative estimate of drug-likeness (QED) is 0.848. The van der Waals surface area contributed by atoms with E-state index < -0.39 is 0 Å². The summed E-state index contributed by atoms with van der Waals surface area (Å²) in [6.45, 7) is 4.91. The third-order valence-electron chi connectivity index (χ3n) is 3.73. The Balaban J connectivity index is 1.96. The fraction of sp³-hybridized carbons (Fsp3) is 0.643. The normalized spacial score (nSPS) is 16.9. The van der Waals surface area contributed by atoms with E-state index in [1.807, 2.05) is 6.20 Å². The van der Waals surface area contributed by atoms with Gasteiger partial charge < -0.3 is 5.73 Å². The Hall–Kier alpha value is -0.930. The Bertz CT molecular complexity index is 328. The molecule has 1 aliphatic carbocycles. The highest BCUT2D eigenvalue weighted by atomic mass is 15.2. The lowest BCUT2D eigenvalue weighted by atomic mass is 10.2. The summed E-state index contributed by atoms with van der Waals surface area (Å²) >= 11 is 0. The van der Waals surface area contributed by atoms with Gasteiger partial charge >= 0.3 is 0 Å². The fourth-order valence-corrected chi connectivity index (χ4v) is 2.65. The summed E-state index contributed by atoms with van der Waals surface area (Å²) in [5.41, 5.74) is 7.85. The van der Waals surface area contributed by atoms with Crippen LogP contribution in [0.3, 0.4) is 0 Å². The van der Waals surface area contributed by atoms with Crippen LogP contribution < -0.4 is 5.73 Å². The molecule has 1 fully saturated rings. The summed E-state index contributed by atoms with van der Waals surface area (Å²) in [4.78, 5) is 7.04. The van der Waals surface area contributed by atoms with E-state index in [0.717, 1.165) is 30.4 Å². The third kappa shape index (κ3) is 3.27. The standard InChI is InChI=1S/C14H23N3/c1-2-17(14-5-3-4-6-14)11-13-8-7-12(9-15)10-16-13/h7-8,10,14H,2-6,9,11,15H2,1H3. The minimum atomic E-state index is 0.577. The topological polar surface area (TPSA) is 42.1 Å². The summed E-state index contributed by atoms with van der Waals surface area (Å²) in [5.74, 6) is 0. The summed E-state index contributed by atoms with van der Waals surface area (Å²) in [7, 11) is 0. The molecule has 1 aromatic rings. The minimum Gasteiger partial charge on any atom is -0.326 e. The van der Waals surface area contributed by atoms with E-state index in [9.17, 15) is 0 Å².